The van der Waals surface area contributed by atoms with Crippen molar-refractivity contribution in [2.45, 2.75) is 42.4 Å². The summed E-state index contributed by atoms with van der Waals surface area (Å²) in [4.78, 5) is 25.2. The number of β-lactam (4-membered cyclic amide) rings is 1. The maximum atomic E-state index is 13.5. The number of carbonyl (C=O) groups is 2. The Morgan fingerprint density at radius 1 is 1.09 bits per heavy atom. The van der Waals surface area contributed by atoms with Gasteiger partial charge in [-0.1, -0.05) is 36.5 Å². The van der Waals surface area contributed by atoms with E-state index in [1.54, 1.807) is 18.2 Å². The van der Waals surface area contributed by atoms with Crippen LogP contribution in [0.15, 0.2) is 47.4 Å². The van der Waals surface area contributed by atoms with Crippen molar-refractivity contribution in [3.8, 4) is 5.75 Å². The molecule has 2 aliphatic rings. The van der Waals surface area contributed by atoms with Gasteiger partial charge in [0, 0.05) is 22.5 Å². The number of halogens is 2. The van der Waals surface area contributed by atoms with Crippen molar-refractivity contribution in [1.82, 2.24) is 4.90 Å². The number of nitrogens with zero attached hydrogens (tertiary/aromatic N) is 1. The molecule has 2 aromatic rings. The molecule has 2 aromatic carbocycles. The number of rotatable bonds is 8. The highest BCUT2D eigenvalue weighted by Gasteiger charge is 2.70. The van der Waals surface area contributed by atoms with Crippen molar-refractivity contribution in [1.29, 1.82) is 0 Å². The maximum absolute atomic E-state index is 13.5. The van der Waals surface area contributed by atoms with Crippen LogP contribution in [0.3, 0.4) is 0 Å². The maximum Gasteiger partial charge on any atom is 0.228 e. The molecule has 0 radical (unpaired) electrons. The second-order valence-corrected chi connectivity index (χ2v) is 11.2. The number of amides is 1. The van der Waals surface area contributed by atoms with Crippen LogP contribution in [0, 0.1) is 5.92 Å². The Labute approximate surface area is 197 Å². The third-order valence-electron chi connectivity index (χ3n) is 6.10. The van der Waals surface area contributed by atoms with Crippen molar-refractivity contribution >= 4 is 44.7 Å². The van der Waals surface area contributed by atoms with Crippen molar-refractivity contribution < 1.29 is 22.7 Å². The number of ether oxygens (including phenoxy) is 1. The van der Waals surface area contributed by atoms with Crippen LogP contribution in [0.1, 0.15) is 31.7 Å². The highest BCUT2D eigenvalue weighted by atomic mass is 35.5. The van der Waals surface area contributed by atoms with E-state index in [0.717, 1.165) is 18.4 Å². The van der Waals surface area contributed by atoms with E-state index < -0.39 is 26.4 Å². The summed E-state index contributed by atoms with van der Waals surface area (Å²) in [6, 6.07) is 10.8. The number of sulfone groups is 1. The van der Waals surface area contributed by atoms with E-state index in [9.17, 15) is 18.0 Å². The highest BCUT2D eigenvalue weighted by molar-refractivity contribution is 7.93. The first-order valence-electron chi connectivity index (χ1n) is 10.5. The molecule has 1 amide bonds. The van der Waals surface area contributed by atoms with Crippen LogP contribution < -0.4 is 4.74 Å². The quantitative estimate of drug-likeness (QED) is 0.402. The molecule has 0 saturated carbocycles. The van der Waals surface area contributed by atoms with Crippen molar-refractivity contribution in [3.05, 3.63) is 58.1 Å². The van der Waals surface area contributed by atoms with Crippen LogP contribution in [0.25, 0.3) is 0 Å². The number of unbranched alkanes of at least 4 members (excludes halogenated alkanes) is 1. The Hall–Kier alpha value is -2.09. The molecule has 0 spiro atoms. The van der Waals surface area contributed by atoms with Crippen molar-refractivity contribution in [2.75, 3.05) is 13.2 Å². The first kappa shape index (κ1) is 23.1. The number of hydrogen-bond acceptors (Lipinski definition) is 5. The summed E-state index contributed by atoms with van der Waals surface area (Å²) in [6.45, 7) is 2.64. The fourth-order valence-corrected chi connectivity index (χ4v) is 6.79. The van der Waals surface area contributed by atoms with Crippen molar-refractivity contribution in [2.24, 2.45) is 5.92 Å². The van der Waals surface area contributed by atoms with Gasteiger partial charge in [0.15, 0.2) is 5.78 Å². The van der Waals surface area contributed by atoms with Gasteiger partial charge in [-0.15, -0.1) is 0 Å². The van der Waals surface area contributed by atoms with Crippen LogP contribution in [0.2, 0.25) is 10.0 Å². The topological polar surface area (TPSA) is 80.8 Å². The molecule has 32 heavy (non-hydrogen) atoms. The predicted molar refractivity (Wildman–Crippen MR) is 122 cm³/mol. The Bertz CT molecular complexity index is 1170. The van der Waals surface area contributed by atoms with Gasteiger partial charge in [0.2, 0.25) is 20.6 Å². The zero-order chi connectivity index (χ0) is 23.1. The van der Waals surface area contributed by atoms with E-state index >= 15 is 0 Å². The van der Waals surface area contributed by atoms with E-state index in [4.69, 9.17) is 27.9 Å². The normalized spacial score (nSPS) is 22.6. The summed E-state index contributed by atoms with van der Waals surface area (Å²) in [7, 11) is -4.12. The molecule has 2 fully saturated rings. The largest absolute Gasteiger partial charge is 0.493 e. The van der Waals surface area contributed by atoms with Gasteiger partial charge >= 0.3 is 0 Å². The summed E-state index contributed by atoms with van der Waals surface area (Å²) in [6.07, 6.45) is 1.76. The van der Waals surface area contributed by atoms with E-state index in [1.165, 1.54) is 29.2 Å². The fourth-order valence-electron chi connectivity index (χ4n) is 4.38. The van der Waals surface area contributed by atoms with Crippen LogP contribution in [-0.2, 0) is 25.8 Å². The lowest BCUT2D eigenvalue weighted by Crippen LogP contribution is -2.67. The number of benzene rings is 2. The molecular weight excluding hydrogens is 473 g/mol. The van der Waals surface area contributed by atoms with Crippen LogP contribution in [-0.4, -0.2) is 43.0 Å². The zero-order valence-electron chi connectivity index (χ0n) is 17.5. The van der Waals surface area contributed by atoms with Gasteiger partial charge in [0.05, 0.1) is 17.9 Å². The summed E-state index contributed by atoms with van der Waals surface area (Å²) in [5.74, 6) is -0.864. The average molecular weight is 496 g/mol. The molecule has 0 aliphatic carbocycles. The lowest BCUT2D eigenvalue weighted by molar-refractivity contribution is -0.150. The smallest absolute Gasteiger partial charge is 0.228 e. The molecule has 0 N–H and O–H groups in total. The molecule has 2 atom stereocenters. The second-order valence-electron chi connectivity index (χ2n) is 8.14. The molecule has 0 aromatic heterocycles. The minimum Gasteiger partial charge on any atom is -0.493 e. The number of Topliss-reactive ketones (excluding diaryl/α,β-unsaturated/α-hetero) is 1. The lowest BCUT2D eigenvalue weighted by Gasteiger charge is -2.44. The number of hydrogen-bond donors (Lipinski definition) is 0. The monoisotopic (exact) mass is 495 g/mol. The molecular formula is C23H23Cl2NO5S. The highest BCUT2D eigenvalue weighted by Crippen LogP contribution is 2.49. The Morgan fingerprint density at radius 3 is 2.44 bits per heavy atom. The zero-order valence-corrected chi connectivity index (χ0v) is 19.8. The van der Waals surface area contributed by atoms with Gasteiger partial charge in [-0.05, 0) is 60.9 Å². The molecule has 6 nitrogen and oxygen atoms in total. The first-order valence-corrected chi connectivity index (χ1v) is 12.7. The van der Waals surface area contributed by atoms with Gasteiger partial charge in [-0.2, -0.15) is 0 Å². The van der Waals surface area contributed by atoms with Crippen LogP contribution in [0.5, 0.6) is 5.75 Å². The number of ketones is 1. The molecule has 2 unspecified atom stereocenters. The number of fused-ring (bicyclic) bond motifs is 1. The van der Waals surface area contributed by atoms with Crippen LogP contribution in [0.4, 0.5) is 0 Å². The predicted octanol–water partition coefficient (Wildman–Crippen LogP) is 4.32. The summed E-state index contributed by atoms with van der Waals surface area (Å²) >= 11 is 12.1. The van der Waals surface area contributed by atoms with Gasteiger partial charge in [-0.25, -0.2) is 8.42 Å². The molecule has 170 valence electrons. The molecule has 2 aliphatic heterocycles. The number of carbonyl (C=O) groups excluding carboxylic acids is 2. The minimum atomic E-state index is -4.12. The minimum absolute atomic E-state index is 0.0280. The third-order valence-corrected chi connectivity index (χ3v) is 8.93. The SMILES string of the molecule is CCCCOc1ccc(Cl)cc1CC1CN2C(=O)CC2(S(=O)(=O)c2ccc(Cl)cc2)C1=O. The van der Waals surface area contributed by atoms with E-state index in [2.05, 4.69) is 6.92 Å². The molecule has 4 rings (SSSR count). The molecule has 2 saturated heterocycles. The summed E-state index contributed by atoms with van der Waals surface area (Å²) < 4.78 is 32.8. The van der Waals surface area contributed by atoms with Crippen LogP contribution >= 0.6 is 23.2 Å². The summed E-state index contributed by atoms with van der Waals surface area (Å²) in [5, 5.41) is 0.881. The van der Waals surface area contributed by atoms with Gasteiger partial charge < -0.3 is 9.64 Å². The summed E-state index contributed by atoms with van der Waals surface area (Å²) in [5.41, 5.74) is 0.723. The first-order chi connectivity index (χ1) is 15.2. The third kappa shape index (κ3) is 3.70. The van der Waals surface area contributed by atoms with Crippen molar-refractivity contribution in [3.63, 3.8) is 0 Å². The molecule has 0 bridgehead atoms. The van der Waals surface area contributed by atoms with Gasteiger partial charge in [0.25, 0.3) is 0 Å². The van der Waals surface area contributed by atoms with E-state index in [0.29, 0.717) is 22.4 Å². The Morgan fingerprint density at radius 2 is 1.78 bits per heavy atom. The lowest BCUT2D eigenvalue weighted by atomic mass is 9.92. The van der Waals surface area contributed by atoms with Gasteiger partial charge in [-0.3, -0.25) is 9.59 Å². The molecule has 9 heteroatoms. The molecule has 2 heterocycles. The fraction of sp³-hybridized carbons (Fsp3) is 0.391. The standard InChI is InChI=1S/C23H23Cl2NO5S/c1-2-3-10-31-20-9-6-18(25)12-15(20)11-16-14-26-21(27)13-23(26,22(16)28)32(29,30)19-7-4-17(24)5-8-19/h4-9,12,16H,2-3,10-11,13-14H2,1H3. The Kier molecular flexibility index (Phi) is 6.27. The second kappa shape index (κ2) is 8.69. The van der Waals surface area contributed by atoms with E-state index in [-0.39, 0.29) is 30.2 Å². The van der Waals surface area contributed by atoms with Gasteiger partial charge in [0.1, 0.15) is 5.75 Å². The Balaban J connectivity index is 1.64. The average Bonchev–Trinajstić information content (AvgIpc) is 2.98. The van der Waals surface area contributed by atoms with E-state index in [1.807, 2.05) is 0 Å².